The molecule has 1 fully saturated rings. The molecule has 1 amide bonds. The lowest BCUT2D eigenvalue weighted by Crippen LogP contribution is -2.43. The van der Waals surface area contributed by atoms with Gasteiger partial charge >= 0.3 is 0 Å². The first-order chi connectivity index (χ1) is 9.72. The summed E-state index contributed by atoms with van der Waals surface area (Å²) in [7, 11) is 1.68. The lowest BCUT2D eigenvalue weighted by Gasteiger charge is -2.26. The van der Waals surface area contributed by atoms with Crippen LogP contribution in [0.2, 0.25) is 0 Å². The largest absolute Gasteiger partial charge is 0.380 e. The Bertz CT molecular complexity index is 459. The third kappa shape index (κ3) is 4.19. The fraction of sp³-hybridized carbons (Fsp3) is 0.562. The Kier molecular flexibility index (Phi) is 7.15. The first-order valence-corrected chi connectivity index (χ1v) is 7.26. The van der Waals surface area contributed by atoms with Crippen LogP contribution in [-0.4, -0.2) is 19.6 Å². The van der Waals surface area contributed by atoms with Crippen molar-refractivity contribution in [1.29, 1.82) is 0 Å². The molecule has 1 saturated carbocycles. The first-order valence-electron chi connectivity index (χ1n) is 7.26. The molecule has 21 heavy (non-hydrogen) atoms. The topological polar surface area (TPSA) is 64.3 Å². The monoisotopic (exact) mass is 312 g/mol. The molecule has 0 saturated heterocycles. The predicted molar refractivity (Wildman–Crippen MR) is 86.2 cm³/mol. The molecule has 4 nitrogen and oxygen atoms in total. The molecule has 1 aromatic rings. The molecule has 2 rings (SSSR count). The van der Waals surface area contributed by atoms with E-state index < -0.39 is 0 Å². The van der Waals surface area contributed by atoms with E-state index in [0.717, 1.165) is 36.8 Å². The molecule has 0 radical (unpaired) electrons. The van der Waals surface area contributed by atoms with E-state index >= 15 is 0 Å². The molecular weight excluding hydrogens is 288 g/mol. The number of methoxy groups -OCH3 is 1. The standard InChI is InChI=1S/C16H24N2O2.ClH/c1-20-11-14-7-3-2-6-13(14)10-18-15(19)16(12-17)8-4-5-9-16;/h2-3,6-7H,4-5,8-12,17H2,1H3,(H,18,19);1H. The van der Waals surface area contributed by atoms with Gasteiger partial charge in [0.2, 0.25) is 5.91 Å². The Morgan fingerprint density at radius 1 is 1.29 bits per heavy atom. The van der Waals surface area contributed by atoms with Crippen molar-refractivity contribution in [1.82, 2.24) is 5.32 Å². The molecule has 0 spiro atoms. The molecule has 1 aliphatic carbocycles. The van der Waals surface area contributed by atoms with E-state index in [1.165, 1.54) is 0 Å². The van der Waals surface area contributed by atoms with Crippen molar-refractivity contribution in [2.75, 3.05) is 13.7 Å². The summed E-state index contributed by atoms with van der Waals surface area (Å²) in [4.78, 5) is 12.4. The Hall–Kier alpha value is -1.10. The molecule has 0 heterocycles. The zero-order valence-corrected chi connectivity index (χ0v) is 13.4. The third-order valence-corrected chi connectivity index (χ3v) is 4.29. The fourth-order valence-corrected chi connectivity index (χ4v) is 2.96. The number of amides is 1. The highest BCUT2D eigenvalue weighted by Gasteiger charge is 2.39. The number of hydrogen-bond acceptors (Lipinski definition) is 3. The van der Waals surface area contributed by atoms with Gasteiger partial charge in [-0.1, -0.05) is 37.1 Å². The van der Waals surface area contributed by atoms with Gasteiger partial charge in [0.15, 0.2) is 0 Å². The maximum absolute atomic E-state index is 12.4. The smallest absolute Gasteiger partial charge is 0.227 e. The quantitative estimate of drug-likeness (QED) is 0.847. The van der Waals surface area contributed by atoms with Crippen molar-refractivity contribution in [3.8, 4) is 0 Å². The lowest BCUT2D eigenvalue weighted by atomic mass is 9.85. The van der Waals surface area contributed by atoms with E-state index in [4.69, 9.17) is 10.5 Å². The molecule has 1 aliphatic rings. The highest BCUT2D eigenvalue weighted by molar-refractivity contribution is 5.85. The highest BCUT2D eigenvalue weighted by atomic mass is 35.5. The van der Waals surface area contributed by atoms with Crippen LogP contribution in [0, 0.1) is 5.41 Å². The number of carbonyl (C=O) groups excluding carboxylic acids is 1. The number of carbonyl (C=O) groups is 1. The average Bonchev–Trinajstić information content (AvgIpc) is 2.96. The second kappa shape index (κ2) is 8.37. The van der Waals surface area contributed by atoms with Gasteiger partial charge < -0.3 is 15.8 Å². The molecular formula is C16H25ClN2O2. The molecule has 0 unspecified atom stereocenters. The molecule has 118 valence electrons. The second-order valence-electron chi connectivity index (χ2n) is 5.58. The lowest BCUT2D eigenvalue weighted by molar-refractivity contribution is -0.130. The number of halogens is 1. The molecule has 0 bridgehead atoms. The number of rotatable bonds is 6. The second-order valence-corrected chi connectivity index (χ2v) is 5.58. The van der Waals surface area contributed by atoms with Gasteiger partial charge in [-0.15, -0.1) is 12.4 Å². The third-order valence-electron chi connectivity index (χ3n) is 4.29. The van der Waals surface area contributed by atoms with E-state index in [0.29, 0.717) is 19.7 Å². The molecule has 1 aromatic carbocycles. The van der Waals surface area contributed by atoms with Gasteiger partial charge in [0.05, 0.1) is 12.0 Å². The minimum atomic E-state index is -0.337. The van der Waals surface area contributed by atoms with Crippen molar-refractivity contribution in [3.05, 3.63) is 35.4 Å². The fourth-order valence-electron chi connectivity index (χ4n) is 2.96. The Morgan fingerprint density at radius 3 is 2.48 bits per heavy atom. The van der Waals surface area contributed by atoms with Crippen LogP contribution in [0.5, 0.6) is 0 Å². The minimum absolute atomic E-state index is 0. The van der Waals surface area contributed by atoms with E-state index in [-0.39, 0.29) is 23.7 Å². The van der Waals surface area contributed by atoms with Crippen LogP contribution in [0.25, 0.3) is 0 Å². The van der Waals surface area contributed by atoms with Gasteiger partial charge in [-0.05, 0) is 24.0 Å². The van der Waals surface area contributed by atoms with Crippen molar-refractivity contribution in [2.45, 2.75) is 38.8 Å². The summed E-state index contributed by atoms with van der Waals surface area (Å²) < 4.78 is 5.18. The van der Waals surface area contributed by atoms with Gasteiger partial charge in [0, 0.05) is 20.2 Å². The first kappa shape index (κ1) is 18.0. The minimum Gasteiger partial charge on any atom is -0.380 e. The van der Waals surface area contributed by atoms with Gasteiger partial charge in [-0.3, -0.25) is 4.79 Å². The number of nitrogens with two attached hydrogens (primary N) is 1. The van der Waals surface area contributed by atoms with Gasteiger partial charge in [-0.25, -0.2) is 0 Å². The molecule has 5 heteroatoms. The molecule has 3 N–H and O–H groups in total. The highest BCUT2D eigenvalue weighted by Crippen LogP contribution is 2.37. The van der Waals surface area contributed by atoms with Crippen molar-refractivity contribution in [2.24, 2.45) is 11.1 Å². The summed E-state index contributed by atoms with van der Waals surface area (Å²) in [6.45, 7) is 1.55. The molecule has 0 aromatic heterocycles. The maximum atomic E-state index is 12.4. The van der Waals surface area contributed by atoms with Gasteiger partial charge in [0.1, 0.15) is 0 Å². The van der Waals surface area contributed by atoms with Crippen molar-refractivity contribution in [3.63, 3.8) is 0 Å². The van der Waals surface area contributed by atoms with Crippen LogP contribution in [0.15, 0.2) is 24.3 Å². The Balaban J connectivity index is 0.00000220. The van der Waals surface area contributed by atoms with Crippen LogP contribution in [-0.2, 0) is 22.7 Å². The summed E-state index contributed by atoms with van der Waals surface area (Å²) in [5.41, 5.74) is 7.72. The normalized spacial score (nSPS) is 16.3. The van der Waals surface area contributed by atoms with E-state index in [1.807, 2.05) is 24.3 Å². The van der Waals surface area contributed by atoms with Crippen LogP contribution in [0.1, 0.15) is 36.8 Å². The average molecular weight is 313 g/mol. The Labute approximate surface area is 132 Å². The molecule has 0 atom stereocenters. The van der Waals surface area contributed by atoms with Crippen LogP contribution in [0.3, 0.4) is 0 Å². The number of ether oxygens (including phenoxy) is 1. The maximum Gasteiger partial charge on any atom is 0.227 e. The zero-order valence-electron chi connectivity index (χ0n) is 12.6. The Morgan fingerprint density at radius 2 is 1.90 bits per heavy atom. The SMILES string of the molecule is COCc1ccccc1CNC(=O)C1(CN)CCCC1.Cl. The number of hydrogen-bond donors (Lipinski definition) is 2. The van der Waals surface area contributed by atoms with Gasteiger partial charge in [0.25, 0.3) is 0 Å². The van der Waals surface area contributed by atoms with Crippen molar-refractivity contribution >= 4 is 18.3 Å². The summed E-state index contributed by atoms with van der Waals surface area (Å²) in [6, 6.07) is 8.02. The summed E-state index contributed by atoms with van der Waals surface area (Å²) in [5, 5.41) is 3.06. The summed E-state index contributed by atoms with van der Waals surface area (Å²) >= 11 is 0. The van der Waals surface area contributed by atoms with Crippen LogP contribution < -0.4 is 11.1 Å². The predicted octanol–water partition coefficient (Wildman–Crippen LogP) is 2.39. The summed E-state index contributed by atoms with van der Waals surface area (Å²) in [5.74, 6) is 0.102. The van der Waals surface area contributed by atoms with Gasteiger partial charge in [-0.2, -0.15) is 0 Å². The van der Waals surface area contributed by atoms with E-state index in [2.05, 4.69) is 5.32 Å². The van der Waals surface area contributed by atoms with Crippen LogP contribution >= 0.6 is 12.4 Å². The number of benzene rings is 1. The van der Waals surface area contributed by atoms with Crippen molar-refractivity contribution < 1.29 is 9.53 Å². The summed E-state index contributed by atoms with van der Waals surface area (Å²) in [6.07, 6.45) is 4.03. The molecule has 0 aliphatic heterocycles. The van der Waals surface area contributed by atoms with E-state index in [9.17, 15) is 4.79 Å². The zero-order chi connectivity index (χ0) is 14.4. The van der Waals surface area contributed by atoms with E-state index in [1.54, 1.807) is 7.11 Å². The van der Waals surface area contributed by atoms with Crippen LogP contribution in [0.4, 0.5) is 0 Å². The number of nitrogens with one attached hydrogen (secondary N) is 1.